The summed E-state index contributed by atoms with van der Waals surface area (Å²) in [6.07, 6.45) is 8.67. The molecule has 0 aromatic heterocycles. The maximum Gasteiger partial charge on any atom is 0.223 e. The van der Waals surface area contributed by atoms with E-state index in [1.54, 1.807) is 19.0 Å². The number of unbranched alkanes of at least 4 members (excludes halogenated alkanes) is 2. The number of nitrogens with one attached hydrogen (secondary N) is 1. The van der Waals surface area contributed by atoms with Gasteiger partial charge in [0.2, 0.25) is 5.91 Å². The van der Waals surface area contributed by atoms with Crippen molar-refractivity contribution in [1.29, 1.82) is 0 Å². The van der Waals surface area contributed by atoms with Gasteiger partial charge in [0.05, 0.1) is 0 Å². The van der Waals surface area contributed by atoms with Crippen LogP contribution in [0.15, 0.2) is 0 Å². The van der Waals surface area contributed by atoms with Crippen LogP contribution in [-0.4, -0.2) is 37.5 Å². The van der Waals surface area contributed by atoms with Crippen LogP contribution in [0.2, 0.25) is 0 Å². The van der Waals surface area contributed by atoms with E-state index in [-0.39, 0.29) is 11.9 Å². The van der Waals surface area contributed by atoms with Gasteiger partial charge in [-0.2, -0.15) is 0 Å². The molecular weight excluding hydrogens is 188 g/mol. The molecule has 0 aliphatic carbocycles. The summed E-state index contributed by atoms with van der Waals surface area (Å²) in [6, 6.07) is 0.241. The Bertz CT molecular complexity index is 218. The Balaban J connectivity index is 3.45. The molecule has 1 N–H and O–H groups in total. The van der Waals surface area contributed by atoms with Gasteiger partial charge >= 0.3 is 0 Å². The molecule has 1 amide bonds. The van der Waals surface area contributed by atoms with Gasteiger partial charge in [-0.15, -0.1) is 12.3 Å². The van der Waals surface area contributed by atoms with Crippen molar-refractivity contribution < 1.29 is 4.79 Å². The van der Waals surface area contributed by atoms with Gasteiger partial charge in [-0.3, -0.25) is 4.79 Å². The van der Waals surface area contributed by atoms with E-state index in [0.717, 1.165) is 25.8 Å². The minimum atomic E-state index is 0.165. The van der Waals surface area contributed by atoms with E-state index in [4.69, 9.17) is 6.42 Å². The zero-order chi connectivity index (χ0) is 11.7. The molecule has 0 saturated heterocycles. The number of rotatable bonds is 7. The van der Waals surface area contributed by atoms with Crippen molar-refractivity contribution in [1.82, 2.24) is 10.2 Å². The van der Waals surface area contributed by atoms with Crippen molar-refractivity contribution in [3.8, 4) is 12.3 Å². The lowest BCUT2D eigenvalue weighted by molar-refractivity contribution is -0.129. The van der Waals surface area contributed by atoms with Crippen LogP contribution in [0.1, 0.15) is 32.6 Å². The second kappa shape index (κ2) is 8.31. The maximum atomic E-state index is 11.3. The molecule has 1 atom stereocenters. The Hall–Kier alpha value is -1.01. The third-order valence-corrected chi connectivity index (χ3v) is 2.22. The molecule has 1 unspecified atom stereocenters. The standard InChI is InChI=1S/C12H22N2O/c1-5-6-7-8-9-13-11(2)10-12(15)14(3)4/h1,11,13H,6-10H2,2-4H3. The summed E-state index contributed by atoms with van der Waals surface area (Å²) in [6.45, 7) is 2.96. The number of carbonyl (C=O) groups excluding carboxylic acids is 1. The largest absolute Gasteiger partial charge is 0.349 e. The lowest BCUT2D eigenvalue weighted by Gasteiger charge is -2.16. The molecule has 3 heteroatoms. The minimum Gasteiger partial charge on any atom is -0.349 e. The van der Waals surface area contributed by atoms with Crippen LogP contribution in [-0.2, 0) is 4.79 Å². The zero-order valence-corrected chi connectivity index (χ0v) is 10.0. The number of hydrogen-bond acceptors (Lipinski definition) is 2. The van der Waals surface area contributed by atoms with Crippen molar-refractivity contribution in [3.63, 3.8) is 0 Å². The van der Waals surface area contributed by atoms with Crippen LogP contribution in [0.3, 0.4) is 0 Å². The van der Waals surface area contributed by atoms with Crippen LogP contribution in [0, 0.1) is 12.3 Å². The molecule has 86 valence electrons. The van der Waals surface area contributed by atoms with Crippen molar-refractivity contribution in [2.45, 2.75) is 38.6 Å². The Morgan fingerprint density at radius 3 is 2.67 bits per heavy atom. The summed E-state index contributed by atoms with van der Waals surface area (Å²) >= 11 is 0. The first kappa shape index (κ1) is 14.0. The van der Waals surface area contributed by atoms with Gasteiger partial charge in [0.15, 0.2) is 0 Å². The molecule has 0 radical (unpaired) electrons. The van der Waals surface area contributed by atoms with Crippen LogP contribution in [0.5, 0.6) is 0 Å². The SMILES string of the molecule is C#CCCCCNC(C)CC(=O)N(C)C. The van der Waals surface area contributed by atoms with Crippen LogP contribution >= 0.6 is 0 Å². The van der Waals surface area contributed by atoms with Crippen LogP contribution in [0.25, 0.3) is 0 Å². The first-order chi connectivity index (χ1) is 7.07. The van der Waals surface area contributed by atoms with Crippen molar-refractivity contribution >= 4 is 5.91 Å². The highest BCUT2D eigenvalue weighted by Gasteiger charge is 2.09. The highest BCUT2D eigenvalue weighted by Crippen LogP contribution is 1.96. The lowest BCUT2D eigenvalue weighted by Crippen LogP contribution is -2.33. The second-order valence-electron chi connectivity index (χ2n) is 4.01. The predicted molar refractivity (Wildman–Crippen MR) is 63.5 cm³/mol. The summed E-state index contributed by atoms with van der Waals surface area (Å²) in [7, 11) is 3.56. The molecule has 0 fully saturated rings. The smallest absolute Gasteiger partial charge is 0.223 e. The van der Waals surface area contributed by atoms with Crippen LogP contribution < -0.4 is 5.32 Å². The molecule has 0 aromatic carbocycles. The highest BCUT2D eigenvalue weighted by molar-refractivity contribution is 5.76. The fourth-order valence-electron chi connectivity index (χ4n) is 1.22. The third-order valence-electron chi connectivity index (χ3n) is 2.22. The van der Waals surface area contributed by atoms with Crippen molar-refractivity contribution in [3.05, 3.63) is 0 Å². The van der Waals surface area contributed by atoms with Crippen molar-refractivity contribution in [2.24, 2.45) is 0 Å². The van der Waals surface area contributed by atoms with E-state index in [9.17, 15) is 4.79 Å². The van der Waals surface area contributed by atoms with Crippen molar-refractivity contribution in [2.75, 3.05) is 20.6 Å². The Labute approximate surface area is 93.2 Å². The van der Waals surface area contributed by atoms with E-state index in [1.807, 2.05) is 6.92 Å². The Morgan fingerprint density at radius 2 is 2.13 bits per heavy atom. The Morgan fingerprint density at radius 1 is 1.47 bits per heavy atom. The molecule has 0 heterocycles. The fourth-order valence-corrected chi connectivity index (χ4v) is 1.22. The topological polar surface area (TPSA) is 32.3 Å². The van der Waals surface area contributed by atoms with Gasteiger partial charge in [-0.25, -0.2) is 0 Å². The summed E-state index contributed by atoms with van der Waals surface area (Å²) in [5.74, 6) is 2.78. The summed E-state index contributed by atoms with van der Waals surface area (Å²) in [5, 5.41) is 3.31. The summed E-state index contributed by atoms with van der Waals surface area (Å²) in [4.78, 5) is 13.0. The lowest BCUT2D eigenvalue weighted by atomic mass is 10.2. The third kappa shape index (κ3) is 8.02. The molecule has 15 heavy (non-hydrogen) atoms. The summed E-state index contributed by atoms with van der Waals surface area (Å²) in [5.41, 5.74) is 0. The molecule has 0 bridgehead atoms. The maximum absolute atomic E-state index is 11.3. The summed E-state index contributed by atoms with van der Waals surface area (Å²) < 4.78 is 0. The fraction of sp³-hybridized carbons (Fsp3) is 0.750. The Kier molecular flexibility index (Phi) is 7.75. The quantitative estimate of drug-likeness (QED) is 0.506. The molecule has 0 spiro atoms. The number of nitrogens with zero attached hydrogens (tertiary/aromatic N) is 1. The molecule has 0 aliphatic rings. The highest BCUT2D eigenvalue weighted by atomic mass is 16.2. The zero-order valence-electron chi connectivity index (χ0n) is 10.0. The monoisotopic (exact) mass is 210 g/mol. The number of hydrogen-bond donors (Lipinski definition) is 1. The first-order valence-electron chi connectivity index (χ1n) is 5.45. The van der Waals surface area contributed by atoms with E-state index < -0.39 is 0 Å². The number of amides is 1. The molecule has 0 aliphatic heterocycles. The van der Waals surface area contributed by atoms with E-state index in [1.165, 1.54) is 0 Å². The van der Waals surface area contributed by atoms with Gasteiger partial charge in [-0.05, 0) is 26.3 Å². The number of carbonyl (C=O) groups is 1. The second-order valence-corrected chi connectivity index (χ2v) is 4.01. The van der Waals surface area contributed by atoms with Crippen LogP contribution in [0.4, 0.5) is 0 Å². The van der Waals surface area contributed by atoms with Gasteiger partial charge in [-0.1, -0.05) is 0 Å². The minimum absolute atomic E-state index is 0.165. The predicted octanol–water partition coefficient (Wildman–Crippen LogP) is 1.25. The molecular formula is C12H22N2O. The van der Waals surface area contributed by atoms with E-state index in [2.05, 4.69) is 11.2 Å². The van der Waals surface area contributed by atoms with E-state index >= 15 is 0 Å². The van der Waals surface area contributed by atoms with Gasteiger partial charge in [0, 0.05) is 33.0 Å². The first-order valence-corrected chi connectivity index (χ1v) is 5.45. The number of terminal acetylenes is 1. The molecule has 0 rings (SSSR count). The molecule has 0 aromatic rings. The van der Waals surface area contributed by atoms with Gasteiger partial charge < -0.3 is 10.2 Å². The average Bonchev–Trinajstić information content (AvgIpc) is 2.17. The van der Waals surface area contributed by atoms with E-state index in [0.29, 0.717) is 6.42 Å². The van der Waals surface area contributed by atoms with Gasteiger partial charge in [0.1, 0.15) is 0 Å². The molecule has 0 saturated carbocycles. The molecule has 3 nitrogen and oxygen atoms in total. The van der Waals surface area contributed by atoms with Gasteiger partial charge in [0.25, 0.3) is 0 Å². The average molecular weight is 210 g/mol. The normalized spacial score (nSPS) is 11.9.